The van der Waals surface area contributed by atoms with Gasteiger partial charge in [-0.05, 0) is 44.7 Å². The van der Waals surface area contributed by atoms with Crippen LogP contribution in [-0.4, -0.2) is 22.5 Å². The van der Waals surface area contributed by atoms with Crippen molar-refractivity contribution < 1.29 is 9.32 Å². The molecule has 1 aromatic carbocycles. The maximum atomic E-state index is 12.9. The summed E-state index contributed by atoms with van der Waals surface area (Å²) in [6, 6.07) is 8.46. The summed E-state index contributed by atoms with van der Waals surface area (Å²) in [7, 11) is 0. The van der Waals surface area contributed by atoms with Gasteiger partial charge in [0.25, 0.3) is 5.91 Å². The highest BCUT2D eigenvalue weighted by molar-refractivity contribution is 5.96. The lowest BCUT2D eigenvalue weighted by molar-refractivity contribution is 0.0733. The van der Waals surface area contributed by atoms with Crippen LogP contribution in [0.25, 0.3) is 0 Å². The third-order valence-electron chi connectivity index (χ3n) is 4.31. The van der Waals surface area contributed by atoms with Crippen LogP contribution in [0.2, 0.25) is 0 Å². The normalized spacial score (nSPS) is 18.2. The molecule has 1 aliphatic rings. The number of hydrogen-bond donors (Lipinski definition) is 0. The predicted octanol–water partition coefficient (Wildman–Crippen LogP) is 3.58. The Morgan fingerprint density at radius 2 is 2.05 bits per heavy atom. The SMILES string of the molecule is Cc1ccccc1[C@H]1CCCN1C(=O)c1c(C)noc1C. The quantitative estimate of drug-likeness (QED) is 0.846. The second-order valence-electron chi connectivity index (χ2n) is 5.71. The number of carbonyl (C=O) groups is 1. The van der Waals surface area contributed by atoms with E-state index in [9.17, 15) is 4.79 Å². The number of aryl methyl sites for hydroxylation is 3. The Balaban J connectivity index is 1.95. The Morgan fingerprint density at radius 1 is 1.29 bits per heavy atom. The smallest absolute Gasteiger partial charge is 0.259 e. The summed E-state index contributed by atoms with van der Waals surface area (Å²) in [5.41, 5.74) is 3.78. The molecule has 1 amide bonds. The van der Waals surface area contributed by atoms with E-state index in [-0.39, 0.29) is 11.9 Å². The molecule has 0 aliphatic carbocycles. The van der Waals surface area contributed by atoms with Crippen LogP contribution in [0.1, 0.15) is 51.8 Å². The Bertz CT molecular complexity index is 656. The molecule has 0 unspecified atom stereocenters. The van der Waals surface area contributed by atoms with E-state index in [1.165, 1.54) is 11.1 Å². The first-order valence-electron chi connectivity index (χ1n) is 7.39. The number of hydrogen-bond acceptors (Lipinski definition) is 3. The van der Waals surface area contributed by atoms with Gasteiger partial charge in [0.05, 0.1) is 11.7 Å². The van der Waals surface area contributed by atoms with Crippen molar-refractivity contribution in [2.45, 2.75) is 39.7 Å². The van der Waals surface area contributed by atoms with Crippen LogP contribution in [0.5, 0.6) is 0 Å². The number of amides is 1. The van der Waals surface area contributed by atoms with E-state index in [4.69, 9.17) is 4.52 Å². The Hall–Kier alpha value is -2.10. The van der Waals surface area contributed by atoms with Crippen molar-refractivity contribution >= 4 is 5.91 Å². The zero-order chi connectivity index (χ0) is 15.0. The van der Waals surface area contributed by atoms with E-state index in [1.54, 1.807) is 6.92 Å². The fourth-order valence-electron chi connectivity index (χ4n) is 3.23. The minimum atomic E-state index is 0.0389. The molecule has 1 saturated heterocycles. The van der Waals surface area contributed by atoms with Gasteiger partial charge in [0.15, 0.2) is 0 Å². The van der Waals surface area contributed by atoms with Crippen LogP contribution in [0, 0.1) is 20.8 Å². The average Bonchev–Trinajstić information content (AvgIpc) is 3.06. The summed E-state index contributed by atoms with van der Waals surface area (Å²) in [6.07, 6.45) is 2.05. The number of aromatic nitrogens is 1. The standard InChI is InChI=1S/C17H20N2O2/c1-11-7-4-5-8-14(11)15-9-6-10-19(15)17(20)16-12(2)18-21-13(16)3/h4-5,7-8,15H,6,9-10H2,1-3H3/t15-/m1/s1. The monoisotopic (exact) mass is 284 g/mol. The second-order valence-corrected chi connectivity index (χ2v) is 5.71. The maximum Gasteiger partial charge on any atom is 0.259 e. The second kappa shape index (κ2) is 5.35. The molecule has 0 N–H and O–H groups in total. The summed E-state index contributed by atoms with van der Waals surface area (Å²) < 4.78 is 5.14. The fourth-order valence-corrected chi connectivity index (χ4v) is 3.23. The van der Waals surface area contributed by atoms with E-state index in [1.807, 2.05) is 24.0 Å². The largest absolute Gasteiger partial charge is 0.361 e. The zero-order valence-electron chi connectivity index (χ0n) is 12.7. The molecule has 1 fully saturated rings. The fraction of sp³-hybridized carbons (Fsp3) is 0.412. The van der Waals surface area contributed by atoms with Crippen LogP contribution < -0.4 is 0 Å². The van der Waals surface area contributed by atoms with E-state index >= 15 is 0 Å². The van der Waals surface area contributed by atoms with Gasteiger partial charge in [0.2, 0.25) is 0 Å². The Kier molecular flexibility index (Phi) is 3.53. The molecule has 110 valence electrons. The molecule has 2 heterocycles. The number of benzene rings is 1. The molecule has 0 saturated carbocycles. The molecule has 0 spiro atoms. The Labute approximate surface area is 124 Å². The number of carbonyl (C=O) groups excluding carboxylic acids is 1. The van der Waals surface area contributed by atoms with Crippen LogP contribution in [-0.2, 0) is 0 Å². The highest BCUT2D eigenvalue weighted by Gasteiger charge is 2.33. The summed E-state index contributed by atoms with van der Waals surface area (Å²) >= 11 is 0. The lowest BCUT2D eigenvalue weighted by Gasteiger charge is -2.26. The van der Waals surface area contributed by atoms with Crippen molar-refractivity contribution in [1.29, 1.82) is 0 Å². The molecule has 4 nitrogen and oxygen atoms in total. The van der Waals surface area contributed by atoms with Gasteiger partial charge in [-0.3, -0.25) is 4.79 Å². The van der Waals surface area contributed by atoms with Gasteiger partial charge in [-0.1, -0.05) is 29.4 Å². The number of nitrogens with zero attached hydrogens (tertiary/aromatic N) is 2. The van der Waals surface area contributed by atoms with Crippen molar-refractivity contribution in [1.82, 2.24) is 10.1 Å². The molecule has 21 heavy (non-hydrogen) atoms. The van der Waals surface area contributed by atoms with Gasteiger partial charge in [-0.15, -0.1) is 0 Å². The molecule has 2 aromatic rings. The average molecular weight is 284 g/mol. The van der Waals surface area contributed by atoms with Gasteiger partial charge in [0, 0.05) is 6.54 Å². The van der Waals surface area contributed by atoms with Crippen LogP contribution in [0.15, 0.2) is 28.8 Å². The summed E-state index contributed by atoms with van der Waals surface area (Å²) in [6.45, 7) is 6.52. The lowest BCUT2D eigenvalue weighted by atomic mass is 9.99. The molecule has 1 aromatic heterocycles. The van der Waals surface area contributed by atoms with Crippen molar-refractivity contribution in [3.63, 3.8) is 0 Å². The molecular formula is C17H20N2O2. The summed E-state index contributed by atoms with van der Waals surface area (Å²) in [5, 5.41) is 3.90. The van der Waals surface area contributed by atoms with E-state index in [0.29, 0.717) is 17.0 Å². The molecule has 4 heteroatoms. The van der Waals surface area contributed by atoms with Crippen LogP contribution in [0.3, 0.4) is 0 Å². The highest BCUT2D eigenvalue weighted by atomic mass is 16.5. The van der Waals surface area contributed by atoms with Crippen molar-refractivity contribution in [2.75, 3.05) is 6.54 Å². The molecular weight excluding hydrogens is 264 g/mol. The first kappa shape index (κ1) is 13.9. The highest BCUT2D eigenvalue weighted by Crippen LogP contribution is 2.35. The minimum absolute atomic E-state index is 0.0389. The van der Waals surface area contributed by atoms with Gasteiger partial charge in [-0.2, -0.15) is 0 Å². The Morgan fingerprint density at radius 3 is 2.71 bits per heavy atom. The maximum absolute atomic E-state index is 12.9. The zero-order valence-corrected chi connectivity index (χ0v) is 12.7. The molecule has 0 radical (unpaired) electrons. The number of rotatable bonds is 2. The molecule has 1 aliphatic heterocycles. The van der Waals surface area contributed by atoms with Gasteiger partial charge in [-0.25, -0.2) is 0 Å². The van der Waals surface area contributed by atoms with E-state index in [2.05, 4.69) is 24.2 Å². The predicted molar refractivity (Wildman–Crippen MR) is 80.2 cm³/mol. The third kappa shape index (κ3) is 2.35. The molecule has 1 atom stereocenters. The summed E-state index contributed by atoms with van der Waals surface area (Å²) in [5.74, 6) is 0.643. The molecule has 0 bridgehead atoms. The molecule has 3 rings (SSSR count). The third-order valence-corrected chi connectivity index (χ3v) is 4.31. The van der Waals surface area contributed by atoms with Crippen molar-refractivity contribution in [3.05, 3.63) is 52.4 Å². The lowest BCUT2D eigenvalue weighted by Crippen LogP contribution is -2.31. The van der Waals surface area contributed by atoms with Gasteiger partial charge < -0.3 is 9.42 Å². The van der Waals surface area contributed by atoms with Crippen molar-refractivity contribution in [2.24, 2.45) is 0 Å². The van der Waals surface area contributed by atoms with E-state index < -0.39 is 0 Å². The van der Waals surface area contributed by atoms with E-state index in [0.717, 1.165) is 19.4 Å². The van der Waals surface area contributed by atoms with Crippen molar-refractivity contribution in [3.8, 4) is 0 Å². The number of likely N-dealkylation sites (tertiary alicyclic amines) is 1. The topological polar surface area (TPSA) is 46.3 Å². The van der Waals surface area contributed by atoms with Gasteiger partial charge >= 0.3 is 0 Å². The first-order chi connectivity index (χ1) is 10.1. The van der Waals surface area contributed by atoms with Crippen LogP contribution >= 0.6 is 0 Å². The van der Waals surface area contributed by atoms with Crippen LogP contribution in [0.4, 0.5) is 0 Å². The minimum Gasteiger partial charge on any atom is -0.361 e. The summed E-state index contributed by atoms with van der Waals surface area (Å²) in [4.78, 5) is 14.8. The first-order valence-corrected chi connectivity index (χ1v) is 7.39. The van der Waals surface area contributed by atoms with Gasteiger partial charge in [0.1, 0.15) is 11.3 Å².